The summed E-state index contributed by atoms with van der Waals surface area (Å²) in [5, 5.41) is 0. The Hall–Kier alpha value is -0.570. The van der Waals surface area contributed by atoms with Gasteiger partial charge in [-0.25, -0.2) is 0 Å². The van der Waals surface area contributed by atoms with Gasteiger partial charge in [0.05, 0.1) is 0 Å². The molecule has 0 radical (unpaired) electrons. The van der Waals surface area contributed by atoms with E-state index >= 15 is 0 Å². The van der Waals surface area contributed by atoms with Crippen LogP contribution in [0.2, 0.25) is 0 Å². The number of nitrogens with one attached hydrogen (secondary N) is 2. The smallest absolute Gasteiger partial charge is 0.174 e. The van der Waals surface area contributed by atoms with Crippen LogP contribution >= 0.6 is 12.2 Å². The molecule has 0 atom stereocenters. The topological polar surface area (TPSA) is 31.6 Å². The van der Waals surface area contributed by atoms with Gasteiger partial charge >= 0.3 is 0 Å². The number of imidazole rings is 1. The first-order chi connectivity index (χ1) is 3.29. The van der Waals surface area contributed by atoms with Gasteiger partial charge in [0.1, 0.15) is 0 Å². The molecule has 0 aliphatic rings. The third-order valence-corrected chi connectivity index (χ3v) is 0.950. The maximum absolute atomic E-state index is 4.72. The Morgan fingerprint density at radius 2 is 2.57 bits per heavy atom. The van der Waals surface area contributed by atoms with Gasteiger partial charge in [0.25, 0.3) is 0 Å². The van der Waals surface area contributed by atoms with Crippen LogP contribution in [0, 0.1) is 11.7 Å². The highest BCUT2D eigenvalue weighted by Gasteiger charge is 1.77. The Bertz CT molecular complexity index is 204. The lowest BCUT2D eigenvalue weighted by Crippen LogP contribution is -1.62. The van der Waals surface area contributed by atoms with Crippen LogP contribution in [-0.2, 0) is 0 Å². The van der Waals surface area contributed by atoms with E-state index in [0.717, 1.165) is 5.69 Å². The minimum absolute atomic E-state index is 0. The molecule has 0 aliphatic carbocycles. The molecule has 1 rings (SSSR count). The van der Waals surface area contributed by atoms with Gasteiger partial charge in [-0.3, -0.25) is 0 Å². The summed E-state index contributed by atoms with van der Waals surface area (Å²) < 4.78 is 0.692. The number of H-pyrrole nitrogens is 2. The van der Waals surface area contributed by atoms with Crippen LogP contribution in [0.15, 0.2) is 6.20 Å². The van der Waals surface area contributed by atoms with Gasteiger partial charge in [-0.15, -0.1) is 0 Å². The molecule has 1 aromatic rings. The van der Waals surface area contributed by atoms with Crippen molar-refractivity contribution >= 4 is 12.2 Å². The zero-order chi connectivity index (χ0) is 5.28. The molecular weight excluding hydrogens is 108 g/mol. The van der Waals surface area contributed by atoms with Gasteiger partial charge in [0, 0.05) is 14.7 Å². The molecule has 7 heavy (non-hydrogen) atoms. The van der Waals surface area contributed by atoms with Crippen LogP contribution in [0.5, 0.6) is 0 Å². The fourth-order valence-electron chi connectivity index (χ4n) is 0.425. The number of hydrogen-bond donors (Lipinski definition) is 2. The van der Waals surface area contributed by atoms with Crippen molar-refractivity contribution in [3.8, 4) is 0 Å². The molecule has 0 aromatic carbocycles. The summed E-state index contributed by atoms with van der Waals surface area (Å²) in [6.07, 6.45) is 1.84. The summed E-state index contributed by atoms with van der Waals surface area (Å²) in [6, 6.07) is 0. The first-order valence-electron chi connectivity index (χ1n) is 2.03. The lowest BCUT2D eigenvalue weighted by Gasteiger charge is -1.68. The molecule has 0 bridgehead atoms. The van der Waals surface area contributed by atoms with E-state index in [1.807, 2.05) is 13.1 Å². The van der Waals surface area contributed by atoms with E-state index < -0.39 is 0 Å². The molecule has 0 unspecified atom stereocenters. The summed E-state index contributed by atoms with van der Waals surface area (Å²) in [7, 11) is 0. The summed E-state index contributed by atoms with van der Waals surface area (Å²) in [5.74, 6) is 0. The second kappa shape index (κ2) is 1.50. The molecule has 0 amide bonds. The van der Waals surface area contributed by atoms with Crippen LogP contribution in [0.1, 0.15) is 8.55 Å². The molecule has 2 nitrogen and oxygen atoms in total. The number of aryl methyl sites for hydroxylation is 1. The van der Waals surface area contributed by atoms with E-state index in [4.69, 9.17) is 12.2 Å². The maximum Gasteiger partial charge on any atom is 0.174 e. The number of aromatic amines is 2. The third kappa shape index (κ3) is 0.899. The van der Waals surface area contributed by atoms with E-state index in [2.05, 4.69) is 9.97 Å². The normalized spacial score (nSPS) is 9.29. The lowest BCUT2D eigenvalue weighted by atomic mass is 10.6. The molecule has 3 heteroatoms. The van der Waals surface area contributed by atoms with E-state index in [1.165, 1.54) is 0 Å². The Labute approximate surface area is 49.6 Å². The van der Waals surface area contributed by atoms with Crippen molar-refractivity contribution in [3.05, 3.63) is 16.7 Å². The van der Waals surface area contributed by atoms with Crippen LogP contribution in [0.25, 0.3) is 0 Å². The fourth-order valence-corrected chi connectivity index (χ4v) is 0.645. The highest BCUT2D eigenvalue weighted by molar-refractivity contribution is 7.71. The van der Waals surface area contributed by atoms with Crippen molar-refractivity contribution in [2.24, 2.45) is 0 Å². The average Bonchev–Trinajstić information content (AvgIpc) is 1.87. The zero-order valence-corrected chi connectivity index (χ0v) is 4.80. The molecular formula is C4H10N2S. The first-order valence-corrected chi connectivity index (χ1v) is 2.44. The van der Waals surface area contributed by atoms with Crippen LogP contribution in [-0.4, -0.2) is 9.97 Å². The second-order valence-corrected chi connectivity index (χ2v) is 1.83. The van der Waals surface area contributed by atoms with Gasteiger partial charge in [-0.05, 0) is 19.1 Å². The average molecular weight is 118 g/mol. The fraction of sp³-hybridized carbons (Fsp3) is 0.250. The van der Waals surface area contributed by atoms with Crippen LogP contribution < -0.4 is 0 Å². The third-order valence-electron chi connectivity index (χ3n) is 0.730. The number of rotatable bonds is 0. The summed E-state index contributed by atoms with van der Waals surface area (Å²) >= 11 is 4.72. The van der Waals surface area contributed by atoms with Crippen molar-refractivity contribution in [1.29, 1.82) is 0 Å². The summed E-state index contributed by atoms with van der Waals surface area (Å²) in [6.45, 7) is 1.95. The van der Waals surface area contributed by atoms with E-state index in [0.29, 0.717) is 4.77 Å². The van der Waals surface area contributed by atoms with Gasteiger partial charge in [0.15, 0.2) is 4.77 Å². The predicted molar refractivity (Wildman–Crippen MR) is 34.9 cm³/mol. The number of hydrogen-bond acceptors (Lipinski definition) is 1. The molecule has 0 spiro atoms. The van der Waals surface area contributed by atoms with Crippen LogP contribution in [0.4, 0.5) is 0 Å². The van der Waals surface area contributed by atoms with Crippen molar-refractivity contribution in [2.75, 3.05) is 0 Å². The molecule has 0 fully saturated rings. The minimum atomic E-state index is 0. The highest BCUT2D eigenvalue weighted by Crippen LogP contribution is 1.85. The number of aromatic nitrogens is 2. The molecule has 1 aromatic heterocycles. The van der Waals surface area contributed by atoms with Crippen LogP contribution in [0.3, 0.4) is 0 Å². The predicted octanol–water partition coefficient (Wildman–Crippen LogP) is 1.87. The molecule has 0 saturated heterocycles. The minimum Gasteiger partial charge on any atom is -0.337 e. The van der Waals surface area contributed by atoms with Gasteiger partial charge in [0.2, 0.25) is 0 Å². The summed E-state index contributed by atoms with van der Waals surface area (Å²) in [5.41, 5.74) is 1.07. The monoisotopic (exact) mass is 118 g/mol. The molecule has 0 aliphatic heterocycles. The van der Waals surface area contributed by atoms with Crippen molar-refractivity contribution in [2.45, 2.75) is 6.92 Å². The molecule has 42 valence electrons. The Kier molecular flexibility index (Phi) is 0.982. The zero-order valence-electron chi connectivity index (χ0n) is 3.99. The van der Waals surface area contributed by atoms with Crippen molar-refractivity contribution in [1.82, 2.24) is 9.97 Å². The maximum atomic E-state index is 4.72. The lowest BCUT2D eigenvalue weighted by molar-refractivity contribution is 1.22. The summed E-state index contributed by atoms with van der Waals surface area (Å²) in [4.78, 5) is 5.73. The Morgan fingerprint density at radius 1 is 1.86 bits per heavy atom. The van der Waals surface area contributed by atoms with Crippen molar-refractivity contribution < 1.29 is 2.85 Å². The standard InChI is InChI=1S/C4H6N2S.2H2/c1-3-2-5-4(7)6-3;;/h2H,1H3,(H2,5,6,7);2*1H. The second-order valence-electron chi connectivity index (χ2n) is 1.43. The van der Waals surface area contributed by atoms with Gasteiger partial charge in [-0.1, -0.05) is 0 Å². The molecule has 0 saturated carbocycles. The highest BCUT2D eigenvalue weighted by atomic mass is 32.1. The molecule has 2 N–H and O–H groups in total. The molecule has 1 heterocycles. The Balaban J connectivity index is 0. The largest absolute Gasteiger partial charge is 0.337 e. The SMILES string of the molecule is Cc1c[nH]c(=S)[nH]1.[HH].[HH]. The van der Waals surface area contributed by atoms with Gasteiger partial charge in [-0.2, -0.15) is 0 Å². The van der Waals surface area contributed by atoms with E-state index in [-0.39, 0.29) is 2.85 Å². The van der Waals surface area contributed by atoms with Crippen molar-refractivity contribution in [3.63, 3.8) is 0 Å². The Morgan fingerprint density at radius 3 is 2.71 bits per heavy atom. The van der Waals surface area contributed by atoms with E-state index in [9.17, 15) is 0 Å². The van der Waals surface area contributed by atoms with E-state index in [1.54, 1.807) is 0 Å². The van der Waals surface area contributed by atoms with Gasteiger partial charge < -0.3 is 9.97 Å². The first kappa shape index (κ1) is 4.59. The quantitative estimate of drug-likeness (QED) is 0.501.